The monoisotopic (exact) mass is 244 g/mol. The highest BCUT2D eigenvalue weighted by Crippen LogP contribution is 2.14. The minimum absolute atomic E-state index is 0.172. The van der Waals surface area contributed by atoms with E-state index in [1.165, 1.54) is 0 Å². The van der Waals surface area contributed by atoms with Crippen LogP contribution in [0.1, 0.15) is 12.0 Å². The summed E-state index contributed by atoms with van der Waals surface area (Å²) < 4.78 is 0. The molecule has 90 valence electrons. The summed E-state index contributed by atoms with van der Waals surface area (Å²) in [6.45, 7) is 6.86. The lowest BCUT2D eigenvalue weighted by molar-refractivity contribution is 0.303. The number of hydrogen-bond donors (Lipinski definition) is 1. The van der Waals surface area contributed by atoms with Crippen LogP contribution in [0.5, 0.6) is 0 Å². The second kappa shape index (κ2) is 6.44. The highest BCUT2D eigenvalue weighted by molar-refractivity contribution is 6.84. The van der Waals surface area contributed by atoms with E-state index in [4.69, 9.17) is 5.11 Å². The number of aliphatic hydroxyl groups excluding tert-OH is 1. The second-order valence-corrected chi connectivity index (χ2v) is 9.75. The molecule has 0 spiro atoms. The molecule has 0 saturated carbocycles. The van der Waals surface area contributed by atoms with Gasteiger partial charge in [0.2, 0.25) is 0 Å². The van der Waals surface area contributed by atoms with Gasteiger partial charge in [0.15, 0.2) is 0 Å². The lowest BCUT2D eigenvalue weighted by atomic mass is 10.1. The zero-order valence-corrected chi connectivity index (χ0v) is 11.8. The van der Waals surface area contributed by atoms with Gasteiger partial charge in [0, 0.05) is 12.2 Å². The van der Waals surface area contributed by atoms with Crippen LogP contribution in [-0.4, -0.2) is 19.8 Å². The van der Waals surface area contributed by atoms with Crippen molar-refractivity contribution in [3.63, 3.8) is 0 Å². The van der Waals surface area contributed by atoms with E-state index in [1.54, 1.807) is 0 Å². The van der Waals surface area contributed by atoms with Crippen molar-refractivity contribution in [2.45, 2.75) is 26.1 Å². The summed E-state index contributed by atoms with van der Waals surface area (Å²) in [5, 5.41) is 8.91. The van der Waals surface area contributed by atoms with Gasteiger partial charge < -0.3 is 5.11 Å². The van der Waals surface area contributed by atoms with Crippen LogP contribution in [0.2, 0.25) is 19.6 Å². The van der Waals surface area contributed by atoms with Crippen LogP contribution >= 0.6 is 0 Å². The molecule has 1 N–H and O–H groups in total. The van der Waals surface area contributed by atoms with Gasteiger partial charge in [0.05, 0.1) is 0 Å². The Balaban J connectivity index is 3.01. The Morgan fingerprint density at radius 2 is 1.88 bits per heavy atom. The molecule has 0 unspecified atom stereocenters. The topological polar surface area (TPSA) is 20.2 Å². The minimum atomic E-state index is -1.36. The van der Waals surface area contributed by atoms with Crippen molar-refractivity contribution in [1.29, 1.82) is 0 Å². The first-order valence-corrected chi connectivity index (χ1v) is 9.42. The molecule has 0 aromatic heterocycles. The summed E-state index contributed by atoms with van der Waals surface area (Å²) in [6, 6.07) is 10.1. The number of allylic oxidation sites excluding steroid dienone is 1. The molecular formula is C15H20OSi. The summed E-state index contributed by atoms with van der Waals surface area (Å²) in [5.74, 6) is 3.27. The van der Waals surface area contributed by atoms with Crippen LogP contribution < -0.4 is 0 Å². The molecule has 0 atom stereocenters. The number of benzene rings is 1. The maximum atomic E-state index is 8.91. The van der Waals surface area contributed by atoms with E-state index >= 15 is 0 Å². The number of hydrogen-bond acceptors (Lipinski definition) is 1. The molecule has 0 aliphatic carbocycles. The number of rotatable bonds is 3. The third-order valence-corrected chi connectivity index (χ3v) is 3.01. The standard InChI is InChI=1S/C15H20OSi/c1-17(2,3)13-11-15(10-7-12-16)14-8-5-4-6-9-14/h4-6,8-10,16H,7,12H2,1-3H3/b15-10-. The highest BCUT2D eigenvalue weighted by Gasteiger charge is 2.08. The van der Waals surface area contributed by atoms with E-state index in [0.717, 1.165) is 11.1 Å². The third kappa shape index (κ3) is 5.53. The van der Waals surface area contributed by atoms with Crippen molar-refractivity contribution >= 4 is 13.6 Å². The molecule has 0 radical (unpaired) electrons. The molecule has 1 aromatic carbocycles. The molecule has 0 aliphatic heterocycles. The van der Waals surface area contributed by atoms with E-state index in [-0.39, 0.29) is 6.61 Å². The first kappa shape index (κ1) is 13.8. The molecule has 0 saturated heterocycles. The van der Waals surface area contributed by atoms with Gasteiger partial charge in [0.25, 0.3) is 0 Å². The van der Waals surface area contributed by atoms with Gasteiger partial charge in [-0.2, -0.15) is 0 Å². The Labute approximate surface area is 105 Å². The molecule has 0 fully saturated rings. The van der Waals surface area contributed by atoms with E-state index < -0.39 is 8.07 Å². The fourth-order valence-corrected chi connectivity index (χ4v) is 1.83. The Morgan fingerprint density at radius 1 is 1.24 bits per heavy atom. The van der Waals surface area contributed by atoms with Crippen LogP contribution in [0.4, 0.5) is 0 Å². The maximum absolute atomic E-state index is 8.91. The molecule has 0 amide bonds. The van der Waals surface area contributed by atoms with Gasteiger partial charge >= 0.3 is 0 Å². The largest absolute Gasteiger partial charge is 0.396 e. The van der Waals surface area contributed by atoms with Crippen LogP contribution in [0.15, 0.2) is 36.4 Å². The average Bonchev–Trinajstić information content (AvgIpc) is 2.29. The van der Waals surface area contributed by atoms with Crippen molar-refractivity contribution in [2.75, 3.05) is 6.61 Å². The molecule has 1 aromatic rings. The van der Waals surface area contributed by atoms with Crippen LogP contribution in [0.3, 0.4) is 0 Å². The maximum Gasteiger partial charge on any atom is 0.129 e. The van der Waals surface area contributed by atoms with Crippen molar-refractivity contribution in [3.8, 4) is 11.5 Å². The highest BCUT2D eigenvalue weighted by atomic mass is 28.3. The summed E-state index contributed by atoms with van der Waals surface area (Å²) in [5.41, 5.74) is 5.53. The smallest absolute Gasteiger partial charge is 0.129 e. The first-order valence-electron chi connectivity index (χ1n) is 5.92. The second-order valence-electron chi connectivity index (χ2n) is 5.00. The minimum Gasteiger partial charge on any atom is -0.396 e. The van der Waals surface area contributed by atoms with Gasteiger partial charge in [-0.05, 0) is 12.0 Å². The quantitative estimate of drug-likeness (QED) is 0.639. The molecule has 0 bridgehead atoms. The van der Waals surface area contributed by atoms with E-state index in [2.05, 4.69) is 43.2 Å². The Kier molecular flexibility index (Phi) is 5.21. The van der Waals surface area contributed by atoms with Crippen LogP contribution in [-0.2, 0) is 0 Å². The number of aliphatic hydroxyl groups is 1. The van der Waals surface area contributed by atoms with Crippen molar-refractivity contribution in [3.05, 3.63) is 42.0 Å². The van der Waals surface area contributed by atoms with E-state index in [9.17, 15) is 0 Å². The van der Waals surface area contributed by atoms with Crippen molar-refractivity contribution in [1.82, 2.24) is 0 Å². The Morgan fingerprint density at radius 3 is 2.41 bits per heavy atom. The van der Waals surface area contributed by atoms with Gasteiger partial charge in [0.1, 0.15) is 8.07 Å². The van der Waals surface area contributed by atoms with Crippen molar-refractivity contribution in [2.24, 2.45) is 0 Å². The third-order valence-electron chi connectivity index (χ3n) is 2.13. The summed E-state index contributed by atoms with van der Waals surface area (Å²) in [6.07, 6.45) is 2.67. The van der Waals surface area contributed by atoms with E-state index in [0.29, 0.717) is 6.42 Å². The van der Waals surface area contributed by atoms with Gasteiger partial charge in [-0.3, -0.25) is 0 Å². The summed E-state index contributed by atoms with van der Waals surface area (Å²) in [4.78, 5) is 0. The predicted molar refractivity (Wildman–Crippen MR) is 77.2 cm³/mol. The first-order chi connectivity index (χ1) is 8.03. The zero-order chi connectivity index (χ0) is 12.7. The lowest BCUT2D eigenvalue weighted by Gasteiger charge is -2.05. The fraction of sp³-hybridized carbons (Fsp3) is 0.333. The predicted octanol–water partition coefficient (Wildman–Crippen LogP) is 3.33. The normalized spacial score (nSPS) is 11.9. The lowest BCUT2D eigenvalue weighted by Crippen LogP contribution is -2.16. The SMILES string of the molecule is C[Si](C)(C)C#C/C(=C/CCO)c1ccccc1. The summed E-state index contributed by atoms with van der Waals surface area (Å²) in [7, 11) is -1.36. The van der Waals surface area contributed by atoms with Crippen molar-refractivity contribution < 1.29 is 5.11 Å². The Hall–Kier alpha value is -1.30. The Bertz CT molecular complexity index is 429. The molecule has 0 heterocycles. The van der Waals surface area contributed by atoms with Crippen LogP contribution in [0, 0.1) is 11.5 Å². The molecule has 1 rings (SSSR count). The fourth-order valence-electron chi connectivity index (χ4n) is 1.32. The van der Waals surface area contributed by atoms with Gasteiger partial charge in [-0.25, -0.2) is 0 Å². The van der Waals surface area contributed by atoms with Gasteiger partial charge in [-0.15, -0.1) is 5.54 Å². The molecule has 2 heteroatoms. The molecule has 0 aliphatic rings. The van der Waals surface area contributed by atoms with Crippen LogP contribution in [0.25, 0.3) is 5.57 Å². The van der Waals surface area contributed by atoms with E-state index in [1.807, 2.05) is 24.3 Å². The molecule has 17 heavy (non-hydrogen) atoms. The van der Waals surface area contributed by atoms with Gasteiger partial charge in [-0.1, -0.05) is 62.0 Å². The average molecular weight is 244 g/mol. The summed E-state index contributed by atoms with van der Waals surface area (Å²) >= 11 is 0. The molecular weight excluding hydrogens is 224 g/mol. The zero-order valence-electron chi connectivity index (χ0n) is 10.8. The molecule has 1 nitrogen and oxygen atoms in total.